The first-order chi connectivity index (χ1) is 22.6. The smallest absolute Gasteiger partial charge is 0.271 e. The largest absolute Gasteiger partial charge is 0.493 e. The summed E-state index contributed by atoms with van der Waals surface area (Å²) in [6, 6.07) is 8.84. The molecule has 1 spiro atoms. The molecular weight excluding hydrogens is 642 g/mol. The molecule has 2 amide bonds. The zero-order valence-corrected chi connectivity index (χ0v) is 26.9. The molecule has 1 aromatic carbocycles. The lowest BCUT2D eigenvalue weighted by atomic mass is 9.73. The van der Waals surface area contributed by atoms with Crippen molar-refractivity contribution < 1.29 is 14.7 Å². The van der Waals surface area contributed by atoms with Crippen molar-refractivity contribution >= 4 is 46.7 Å². The Kier molecular flexibility index (Phi) is 8.10. The van der Waals surface area contributed by atoms with Crippen molar-refractivity contribution in [2.24, 2.45) is 16.9 Å². The third-order valence-corrected chi connectivity index (χ3v) is 10.9. The normalized spacial score (nSPS) is 18.1. The summed E-state index contributed by atoms with van der Waals surface area (Å²) in [6.07, 6.45) is 7.98. The van der Waals surface area contributed by atoms with Gasteiger partial charge in [0.25, 0.3) is 17.4 Å². The van der Waals surface area contributed by atoms with E-state index in [2.05, 4.69) is 31.3 Å². The summed E-state index contributed by atoms with van der Waals surface area (Å²) in [5.41, 5.74) is 13.8. The minimum atomic E-state index is -0.827. The summed E-state index contributed by atoms with van der Waals surface area (Å²) in [7, 11) is 0. The predicted molar refractivity (Wildman–Crippen MR) is 176 cm³/mol. The highest BCUT2D eigenvalue weighted by Crippen LogP contribution is 2.50. The Morgan fingerprint density at radius 3 is 2.66 bits per heavy atom. The highest BCUT2D eigenvalue weighted by Gasteiger charge is 2.47. The fourth-order valence-electron chi connectivity index (χ4n) is 6.86. The summed E-state index contributed by atoms with van der Waals surface area (Å²) in [4.78, 5) is 59.0. The molecule has 0 saturated carbocycles. The van der Waals surface area contributed by atoms with Crippen molar-refractivity contribution in [2.45, 2.75) is 61.0 Å². The number of hydrogen-bond acceptors (Lipinski definition) is 11. The van der Waals surface area contributed by atoms with Crippen LogP contribution in [0, 0.1) is 5.41 Å². The van der Waals surface area contributed by atoms with Gasteiger partial charge in [-0.05, 0) is 61.3 Å². The number of benzene rings is 1. The molecule has 5 heterocycles. The van der Waals surface area contributed by atoms with Gasteiger partial charge in [-0.25, -0.2) is 9.97 Å². The number of rotatable bonds is 6. The number of anilines is 2. The molecule has 0 bridgehead atoms. The lowest BCUT2D eigenvalue weighted by Crippen LogP contribution is -2.45. The molecule has 0 unspecified atom stereocenters. The van der Waals surface area contributed by atoms with Crippen LogP contribution < -0.4 is 27.2 Å². The number of amides is 2. The fraction of sp³-hybridized carbons (Fsp3) is 0.344. The zero-order valence-electron chi connectivity index (χ0n) is 25.3. The van der Waals surface area contributed by atoms with E-state index in [1.54, 1.807) is 30.6 Å². The minimum Gasteiger partial charge on any atom is -0.493 e. The summed E-state index contributed by atoms with van der Waals surface area (Å²) < 4.78 is 1.42. The summed E-state index contributed by atoms with van der Waals surface area (Å²) >= 11 is 7.82. The topological polar surface area (TPSA) is 195 Å². The molecule has 4 aromatic rings. The molecule has 3 aliphatic rings. The number of primary amides is 1. The lowest BCUT2D eigenvalue weighted by molar-refractivity contribution is 0.0991. The van der Waals surface area contributed by atoms with E-state index in [1.165, 1.54) is 4.57 Å². The standard InChI is InChI=1S/C32H32ClN9O4S/c33-24-18(38-29(44)23-30(45)39-21-8-1-2-12-42(21)31(23)46)6-3-7-20(24)47-22-16-37-28(25(40-22)27(35)43)41-13-9-32(10-14-41)15-19-17(26(32)34)5-4-11-36-19/h3-7,11,16,26,45H,1-2,8-10,12-15,34H2,(H2,35,43)(H,38,44)/t26-/m1/s1. The Balaban J connectivity index is 1.08. The number of piperidine rings is 1. The summed E-state index contributed by atoms with van der Waals surface area (Å²) in [6.45, 7) is 1.70. The molecule has 7 rings (SSSR count). The van der Waals surface area contributed by atoms with Crippen LogP contribution in [0.4, 0.5) is 11.5 Å². The third kappa shape index (κ3) is 5.59. The molecule has 1 atom stereocenters. The van der Waals surface area contributed by atoms with E-state index in [-0.39, 0.29) is 27.9 Å². The lowest BCUT2D eigenvalue weighted by Gasteiger charge is -2.42. The maximum atomic E-state index is 13.2. The fourth-order valence-corrected chi connectivity index (χ4v) is 7.96. The Bertz CT molecular complexity index is 1980. The van der Waals surface area contributed by atoms with E-state index in [1.807, 2.05) is 11.0 Å². The van der Waals surface area contributed by atoms with Gasteiger partial charge in [0.15, 0.2) is 17.1 Å². The number of fused-ring (bicyclic) bond motifs is 2. The molecule has 13 nitrogen and oxygen atoms in total. The van der Waals surface area contributed by atoms with Crippen LogP contribution in [0.2, 0.25) is 5.02 Å². The van der Waals surface area contributed by atoms with Gasteiger partial charge in [0.2, 0.25) is 5.88 Å². The molecular formula is C32H32ClN9O4S. The number of hydrogen-bond donors (Lipinski definition) is 4. The van der Waals surface area contributed by atoms with E-state index in [0.717, 1.165) is 55.1 Å². The van der Waals surface area contributed by atoms with Crippen LogP contribution in [-0.2, 0) is 19.4 Å². The molecule has 0 radical (unpaired) electrons. The van der Waals surface area contributed by atoms with Crippen LogP contribution in [-0.4, -0.2) is 54.5 Å². The highest BCUT2D eigenvalue weighted by molar-refractivity contribution is 7.99. The number of aryl methyl sites for hydroxylation is 1. The quantitative estimate of drug-likeness (QED) is 0.234. The average Bonchev–Trinajstić information content (AvgIpc) is 3.33. The van der Waals surface area contributed by atoms with Crippen molar-refractivity contribution in [3.05, 3.63) is 86.4 Å². The zero-order chi connectivity index (χ0) is 32.9. The first-order valence-corrected chi connectivity index (χ1v) is 16.6. The Hall–Kier alpha value is -4.53. The number of nitrogens with zero attached hydrogens (tertiary/aromatic N) is 6. The monoisotopic (exact) mass is 673 g/mol. The van der Waals surface area contributed by atoms with Gasteiger partial charge < -0.3 is 26.8 Å². The van der Waals surface area contributed by atoms with Crippen LogP contribution >= 0.6 is 23.4 Å². The molecule has 6 N–H and O–H groups in total. The second kappa shape index (κ2) is 12.2. The summed E-state index contributed by atoms with van der Waals surface area (Å²) in [5, 5.41) is 13.6. The Labute approximate surface area is 278 Å². The molecule has 1 aliphatic carbocycles. The van der Waals surface area contributed by atoms with Gasteiger partial charge in [-0.15, -0.1) is 0 Å². The molecule has 15 heteroatoms. The van der Waals surface area contributed by atoms with Gasteiger partial charge in [0.1, 0.15) is 10.9 Å². The third-order valence-electron chi connectivity index (χ3n) is 9.38. The van der Waals surface area contributed by atoms with E-state index < -0.39 is 28.8 Å². The number of halogens is 1. The van der Waals surface area contributed by atoms with Crippen LogP contribution in [0.3, 0.4) is 0 Å². The SMILES string of the molecule is NC(=O)c1nc(Sc2cccc(NC(=O)c3c(O)nc4n(c3=O)CCCC4)c2Cl)cnc1N1CCC2(CC1)Cc1ncccc1[C@H]2N. The van der Waals surface area contributed by atoms with Crippen molar-refractivity contribution in [2.75, 3.05) is 23.3 Å². The maximum absolute atomic E-state index is 13.2. The Morgan fingerprint density at radius 2 is 1.89 bits per heavy atom. The van der Waals surface area contributed by atoms with Crippen molar-refractivity contribution in [3.63, 3.8) is 0 Å². The number of nitrogens with one attached hydrogen (secondary N) is 1. The van der Waals surface area contributed by atoms with Gasteiger partial charge in [0, 0.05) is 48.9 Å². The van der Waals surface area contributed by atoms with Gasteiger partial charge in [0.05, 0.1) is 16.9 Å². The second-order valence-electron chi connectivity index (χ2n) is 12.1. The molecule has 1 saturated heterocycles. The van der Waals surface area contributed by atoms with E-state index >= 15 is 0 Å². The molecule has 47 heavy (non-hydrogen) atoms. The van der Waals surface area contributed by atoms with Crippen molar-refractivity contribution in [1.29, 1.82) is 0 Å². The highest BCUT2D eigenvalue weighted by atomic mass is 35.5. The van der Waals surface area contributed by atoms with Gasteiger partial charge in [-0.2, -0.15) is 4.98 Å². The van der Waals surface area contributed by atoms with Crippen LogP contribution in [0.25, 0.3) is 0 Å². The maximum Gasteiger partial charge on any atom is 0.271 e. The van der Waals surface area contributed by atoms with Crippen molar-refractivity contribution in [1.82, 2.24) is 24.5 Å². The molecule has 2 aliphatic heterocycles. The number of aromatic hydroxyl groups is 1. The van der Waals surface area contributed by atoms with Gasteiger partial charge in [-0.1, -0.05) is 35.5 Å². The number of aromatic nitrogens is 5. The summed E-state index contributed by atoms with van der Waals surface area (Å²) in [5.74, 6) is -1.28. The average molecular weight is 674 g/mol. The van der Waals surface area contributed by atoms with Crippen LogP contribution in [0.1, 0.15) is 69.7 Å². The molecule has 3 aromatic heterocycles. The van der Waals surface area contributed by atoms with Gasteiger partial charge in [-0.3, -0.25) is 23.9 Å². The predicted octanol–water partition coefficient (Wildman–Crippen LogP) is 3.47. The van der Waals surface area contributed by atoms with Crippen molar-refractivity contribution in [3.8, 4) is 5.88 Å². The number of nitrogens with two attached hydrogens (primary N) is 2. The Morgan fingerprint density at radius 1 is 1.09 bits per heavy atom. The number of carbonyl (C=O) groups is 2. The molecule has 242 valence electrons. The van der Waals surface area contributed by atoms with E-state index in [4.69, 9.17) is 23.1 Å². The van der Waals surface area contributed by atoms with E-state index in [0.29, 0.717) is 47.6 Å². The number of carbonyl (C=O) groups excluding carboxylic acids is 2. The van der Waals surface area contributed by atoms with Gasteiger partial charge >= 0.3 is 0 Å². The molecule has 1 fully saturated rings. The van der Waals surface area contributed by atoms with Crippen LogP contribution in [0.5, 0.6) is 5.88 Å². The minimum absolute atomic E-state index is 0.0445. The van der Waals surface area contributed by atoms with Crippen LogP contribution in [0.15, 0.2) is 57.4 Å². The number of pyridine rings is 1. The van der Waals surface area contributed by atoms with E-state index in [9.17, 15) is 19.5 Å². The first kappa shape index (κ1) is 31.1. The first-order valence-electron chi connectivity index (χ1n) is 15.4. The second-order valence-corrected chi connectivity index (χ2v) is 13.5.